The molecule has 2 aromatic rings. The van der Waals surface area contributed by atoms with Gasteiger partial charge in [0.25, 0.3) is 5.91 Å². The molecule has 0 aliphatic heterocycles. The Morgan fingerprint density at radius 2 is 1.67 bits per heavy atom. The number of carbonyl (C=O) groups excluding carboxylic acids is 1. The SMILES string of the molecule is COc1ccc(C[C@H](NC(=O)c2cc(C)cc(C)c2)C(=O)O)cc1. The summed E-state index contributed by atoms with van der Waals surface area (Å²) >= 11 is 0. The molecule has 0 fully saturated rings. The number of rotatable bonds is 6. The second-order valence-electron chi connectivity index (χ2n) is 5.79. The van der Waals surface area contributed by atoms with E-state index in [2.05, 4.69) is 5.32 Å². The number of carbonyl (C=O) groups is 2. The molecule has 2 N–H and O–H groups in total. The van der Waals surface area contributed by atoms with E-state index in [-0.39, 0.29) is 12.3 Å². The van der Waals surface area contributed by atoms with Crippen LogP contribution >= 0.6 is 0 Å². The fourth-order valence-corrected chi connectivity index (χ4v) is 2.54. The third-order valence-corrected chi connectivity index (χ3v) is 3.69. The molecule has 0 spiro atoms. The zero-order valence-corrected chi connectivity index (χ0v) is 14.0. The van der Waals surface area contributed by atoms with Gasteiger partial charge >= 0.3 is 5.97 Å². The Morgan fingerprint density at radius 1 is 1.08 bits per heavy atom. The predicted molar refractivity (Wildman–Crippen MR) is 91.5 cm³/mol. The Bertz CT molecular complexity index is 717. The summed E-state index contributed by atoms with van der Waals surface area (Å²) in [4.78, 5) is 23.8. The number of amides is 1. The standard InChI is InChI=1S/C19H21NO4/c1-12-8-13(2)10-15(9-12)18(21)20-17(19(22)23)11-14-4-6-16(24-3)7-5-14/h4-10,17H,11H2,1-3H3,(H,20,21)(H,22,23)/t17-/m0/s1. The maximum Gasteiger partial charge on any atom is 0.326 e. The van der Waals surface area contributed by atoms with Gasteiger partial charge in [0.15, 0.2) is 0 Å². The topological polar surface area (TPSA) is 75.6 Å². The van der Waals surface area contributed by atoms with Crippen molar-refractivity contribution in [3.05, 3.63) is 64.7 Å². The molecule has 0 aliphatic rings. The van der Waals surface area contributed by atoms with Crippen LogP contribution in [0.1, 0.15) is 27.0 Å². The van der Waals surface area contributed by atoms with Crippen molar-refractivity contribution < 1.29 is 19.4 Å². The summed E-state index contributed by atoms with van der Waals surface area (Å²) in [6.07, 6.45) is 0.204. The van der Waals surface area contributed by atoms with Gasteiger partial charge in [-0.05, 0) is 43.7 Å². The lowest BCUT2D eigenvalue weighted by atomic mass is 10.0. The first-order valence-electron chi connectivity index (χ1n) is 7.64. The molecule has 24 heavy (non-hydrogen) atoms. The third kappa shape index (κ3) is 4.59. The molecule has 2 rings (SSSR count). The van der Waals surface area contributed by atoms with Crippen LogP contribution in [0.3, 0.4) is 0 Å². The van der Waals surface area contributed by atoms with Crippen LogP contribution < -0.4 is 10.1 Å². The molecule has 0 saturated heterocycles. The zero-order valence-electron chi connectivity index (χ0n) is 14.0. The second-order valence-corrected chi connectivity index (χ2v) is 5.79. The largest absolute Gasteiger partial charge is 0.497 e. The molecular formula is C19H21NO4. The number of carboxylic acid groups (broad SMARTS) is 1. The molecule has 5 heteroatoms. The van der Waals surface area contributed by atoms with Gasteiger partial charge in [0.05, 0.1) is 7.11 Å². The number of nitrogens with one attached hydrogen (secondary N) is 1. The number of ether oxygens (including phenoxy) is 1. The smallest absolute Gasteiger partial charge is 0.326 e. The lowest BCUT2D eigenvalue weighted by Crippen LogP contribution is -2.42. The molecular weight excluding hydrogens is 306 g/mol. The Morgan fingerprint density at radius 3 is 2.17 bits per heavy atom. The van der Waals surface area contributed by atoms with Gasteiger partial charge in [-0.1, -0.05) is 29.3 Å². The van der Waals surface area contributed by atoms with Crippen molar-refractivity contribution in [1.29, 1.82) is 0 Å². The molecule has 1 amide bonds. The van der Waals surface area contributed by atoms with Crippen LogP contribution in [0, 0.1) is 13.8 Å². The number of aryl methyl sites for hydroxylation is 2. The highest BCUT2D eigenvalue weighted by molar-refractivity contribution is 5.97. The first-order valence-corrected chi connectivity index (χ1v) is 7.64. The van der Waals surface area contributed by atoms with Gasteiger partial charge in [-0.25, -0.2) is 4.79 Å². The molecule has 0 heterocycles. The lowest BCUT2D eigenvalue weighted by Gasteiger charge is -2.15. The minimum Gasteiger partial charge on any atom is -0.497 e. The van der Waals surface area contributed by atoms with Gasteiger partial charge in [0.2, 0.25) is 0 Å². The number of hydrogen-bond donors (Lipinski definition) is 2. The second kappa shape index (κ2) is 7.64. The molecule has 2 aromatic carbocycles. The van der Waals surface area contributed by atoms with Crippen molar-refractivity contribution in [1.82, 2.24) is 5.32 Å². The maximum atomic E-state index is 12.4. The van der Waals surface area contributed by atoms with Gasteiger partial charge < -0.3 is 15.2 Å². The van der Waals surface area contributed by atoms with E-state index in [1.54, 1.807) is 43.5 Å². The normalized spacial score (nSPS) is 11.6. The Kier molecular flexibility index (Phi) is 5.58. The molecule has 0 radical (unpaired) electrons. The fourth-order valence-electron chi connectivity index (χ4n) is 2.54. The molecule has 1 atom stereocenters. The fraction of sp³-hybridized carbons (Fsp3) is 0.263. The van der Waals surface area contributed by atoms with Crippen LogP contribution in [0.15, 0.2) is 42.5 Å². The van der Waals surface area contributed by atoms with Crippen LogP contribution in [-0.4, -0.2) is 30.1 Å². The average Bonchev–Trinajstić information content (AvgIpc) is 2.53. The molecule has 0 aromatic heterocycles. The van der Waals surface area contributed by atoms with Gasteiger partial charge in [0.1, 0.15) is 11.8 Å². The summed E-state index contributed by atoms with van der Waals surface area (Å²) in [5, 5.41) is 12.0. The molecule has 0 unspecified atom stereocenters. The van der Waals surface area contributed by atoms with E-state index in [0.717, 1.165) is 16.7 Å². The first kappa shape index (κ1) is 17.5. The van der Waals surface area contributed by atoms with Gasteiger partial charge in [-0.2, -0.15) is 0 Å². The van der Waals surface area contributed by atoms with E-state index >= 15 is 0 Å². The van der Waals surface area contributed by atoms with E-state index in [9.17, 15) is 14.7 Å². The number of methoxy groups -OCH3 is 1. The third-order valence-electron chi connectivity index (χ3n) is 3.69. The molecule has 0 aliphatic carbocycles. The summed E-state index contributed by atoms with van der Waals surface area (Å²) in [5.74, 6) is -0.754. The van der Waals surface area contributed by atoms with Crippen molar-refractivity contribution in [2.45, 2.75) is 26.3 Å². The van der Waals surface area contributed by atoms with Crippen LogP contribution in [0.25, 0.3) is 0 Å². The highest BCUT2D eigenvalue weighted by atomic mass is 16.5. The van der Waals surface area contributed by atoms with Gasteiger partial charge in [-0.15, -0.1) is 0 Å². The molecule has 5 nitrogen and oxygen atoms in total. The van der Waals surface area contributed by atoms with Crippen molar-refractivity contribution in [3.8, 4) is 5.75 Å². The maximum absolute atomic E-state index is 12.4. The zero-order chi connectivity index (χ0) is 17.7. The highest BCUT2D eigenvalue weighted by Crippen LogP contribution is 2.14. The van der Waals surface area contributed by atoms with Crippen molar-refractivity contribution in [2.75, 3.05) is 7.11 Å². The summed E-state index contributed by atoms with van der Waals surface area (Å²) in [7, 11) is 1.57. The lowest BCUT2D eigenvalue weighted by molar-refractivity contribution is -0.139. The van der Waals surface area contributed by atoms with E-state index in [0.29, 0.717) is 11.3 Å². The first-order chi connectivity index (χ1) is 11.4. The number of aliphatic carboxylic acids is 1. The monoisotopic (exact) mass is 327 g/mol. The Balaban J connectivity index is 2.12. The van der Waals surface area contributed by atoms with Crippen LogP contribution in [0.2, 0.25) is 0 Å². The number of benzene rings is 2. The van der Waals surface area contributed by atoms with Gasteiger partial charge in [-0.3, -0.25) is 4.79 Å². The minimum atomic E-state index is -1.07. The summed E-state index contributed by atoms with van der Waals surface area (Å²) in [6, 6.07) is 11.6. The summed E-state index contributed by atoms with van der Waals surface area (Å²) in [5.41, 5.74) is 3.20. The number of carboxylic acids is 1. The highest BCUT2D eigenvalue weighted by Gasteiger charge is 2.21. The predicted octanol–water partition coefficient (Wildman–Crippen LogP) is 2.74. The molecule has 0 bridgehead atoms. The van der Waals surface area contributed by atoms with Crippen molar-refractivity contribution in [2.24, 2.45) is 0 Å². The van der Waals surface area contributed by atoms with Crippen LogP contribution in [-0.2, 0) is 11.2 Å². The van der Waals surface area contributed by atoms with E-state index in [1.807, 2.05) is 19.9 Å². The molecule has 126 valence electrons. The number of hydrogen-bond acceptors (Lipinski definition) is 3. The Hall–Kier alpha value is -2.82. The van der Waals surface area contributed by atoms with E-state index in [4.69, 9.17) is 4.74 Å². The van der Waals surface area contributed by atoms with Crippen LogP contribution in [0.5, 0.6) is 5.75 Å². The Labute approximate surface area is 141 Å². The quantitative estimate of drug-likeness (QED) is 0.855. The van der Waals surface area contributed by atoms with Crippen molar-refractivity contribution >= 4 is 11.9 Å². The minimum absolute atomic E-state index is 0.204. The van der Waals surface area contributed by atoms with E-state index in [1.165, 1.54) is 0 Å². The van der Waals surface area contributed by atoms with Crippen molar-refractivity contribution in [3.63, 3.8) is 0 Å². The average molecular weight is 327 g/mol. The van der Waals surface area contributed by atoms with Crippen LogP contribution in [0.4, 0.5) is 0 Å². The van der Waals surface area contributed by atoms with Gasteiger partial charge in [0, 0.05) is 12.0 Å². The van der Waals surface area contributed by atoms with E-state index < -0.39 is 12.0 Å². The summed E-state index contributed by atoms with van der Waals surface area (Å²) < 4.78 is 5.08. The summed E-state index contributed by atoms with van der Waals surface area (Å²) in [6.45, 7) is 3.80. The molecule has 0 saturated carbocycles.